The summed E-state index contributed by atoms with van der Waals surface area (Å²) in [6.45, 7) is 22.4. The van der Waals surface area contributed by atoms with E-state index in [-0.39, 0.29) is 65.9 Å². The van der Waals surface area contributed by atoms with E-state index in [0.717, 1.165) is 69.7 Å². The van der Waals surface area contributed by atoms with Gasteiger partial charge in [0, 0.05) is 25.7 Å². The van der Waals surface area contributed by atoms with Gasteiger partial charge >= 0.3 is 12.3 Å². The molecule has 55 heavy (non-hydrogen) atoms. The third kappa shape index (κ3) is 11.0. The first-order valence-corrected chi connectivity index (χ1v) is 25.0. The second-order valence-electron chi connectivity index (χ2n) is 18.9. The highest BCUT2D eigenvalue weighted by Crippen LogP contribution is 2.57. The Kier molecular flexibility index (Phi) is 16.5. The highest BCUT2D eigenvalue weighted by atomic mass is 28.3. The second-order valence-corrected chi connectivity index (χ2v) is 24.4. The fourth-order valence-electron chi connectivity index (χ4n) is 10.7. The molecule has 0 amide bonds. The van der Waals surface area contributed by atoms with Crippen molar-refractivity contribution in [1.29, 1.82) is 0 Å². The van der Waals surface area contributed by atoms with E-state index in [1.807, 2.05) is 0 Å². The van der Waals surface area contributed by atoms with Crippen LogP contribution in [-0.2, 0) is 47.6 Å². The highest BCUT2D eigenvalue weighted by molar-refractivity contribution is 6.78. The maximum atomic E-state index is 8.12. The van der Waals surface area contributed by atoms with Gasteiger partial charge in [-0.25, -0.2) is 0 Å². The predicted octanol–water partition coefficient (Wildman–Crippen LogP) is 9.50. The van der Waals surface area contributed by atoms with Gasteiger partial charge in [0.05, 0.1) is 44.7 Å². The van der Waals surface area contributed by atoms with Gasteiger partial charge in [-0.05, 0) is 87.5 Å². The van der Waals surface area contributed by atoms with Crippen LogP contribution in [0.25, 0.3) is 0 Å². The van der Waals surface area contributed by atoms with Crippen LogP contribution >= 0.6 is 0 Å². The largest absolute Gasteiger partial charge is 0.373 e. The van der Waals surface area contributed by atoms with Gasteiger partial charge in [-0.2, -0.15) is 19.2 Å². The summed E-state index contributed by atoms with van der Waals surface area (Å²) in [5.74, 6) is -0.517. The molecule has 4 bridgehead atoms. The normalized spacial score (nSPS) is 38.9. The zero-order chi connectivity index (χ0) is 40.5. The first kappa shape index (κ1) is 45.9. The lowest BCUT2D eigenvalue weighted by Crippen LogP contribution is -2.42. The number of allylic oxidation sites excluding steroid dienone is 2. The van der Waals surface area contributed by atoms with E-state index in [2.05, 4.69) is 79.1 Å². The Morgan fingerprint density at radius 3 is 1.53 bits per heavy atom. The molecule has 8 aliphatic rings. The van der Waals surface area contributed by atoms with Crippen LogP contribution in [0.1, 0.15) is 144 Å². The molecule has 4 heterocycles. The molecule has 0 aromatic heterocycles. The topological polar surface area (TPSA) is 124 Å². The maximum absolute atomic E-state index is 8.12. The fraction of sp³-hybridized carbons (Fsp3) is 0.864. The van der Waals surface area contributed by atoms with Crippen LogP contribution in [0.5, 0.6) is 0 Å². The average Bonchev–Trinajstić information content (AvgIpc) is 3.81. The first-order chi connectivity index (χ1) is 26.1. The van der Waals surface area contributed by atoms with Crippen molar-refractivity contribution in [2.75, 3.05) is 0 Å². The van der Waals surface area contributed by atoms with Crippen molar-refractivity contribution in [1.82, 2.24) is 0 Å². The van der Waals surface area contributed by atoms with E-state index in [1.54, 1.807) is 0 Å². The van der Waals surface area contributed by atoms with Crippen LogP contribution in [0.4, 0.5) is 0 Å². The molecule has 10 nitrogen and oxygen atoms in total. The van der Waals surface area contributed by atoms with Gasteiger partial charge in [-0.3, -0.25) is 0 Å². The fourth-order valence-corrected chi connectivity index (χ4v) is 12.7. The van der Waals surface area contributed by atoms with Gasteiger partial charge in [-0.15, -0.1) is 6.58 Å². The van der Waals surface area contributed by atoms with Crippen LogP contribution < -0.4 is 0 Å². The molecule has 11 atom stereocenters. The molecular formula is C44H72O10Si. The summed E-state index contributed by atoms with van der Waals surface area (Å²) in [6, 6.07) is 0. The lowest BCUT2D eigenvalue weighted by atomic mass is 9.70. The second kappa shape index (κ2) is 19.8. The predicted molar refractivity (Wildman–Crippen MR) is 210 cm³/mol. The van der Waals surface area contributed by atoms with Gasteiger partial charge in [0.1, 0.15) is 12.2 Å². The quantitative estimate of drug-likeness (QED) is 0.190. The van der Waals surface area contributed by atoms with Gasteiger partial charge in [0.15, 0.2) is 11.6 Å². The Bertz CT molecular complexity index is 1310. The van der Waals surface area contributed by atoms with Crippen molar-refractivity contribution in [3.05, 3.63) is 24.8 Å². The highest BCUT2D eigenvalue weighted by Gasteiger charge is 2.62. The summed E-state index contributed by atoms with van der Waals surface area (Å²) in [5.41, 5.74) is 1.36. The number of hydrogen-bond donors (Lipinski definition) is 0. The lowest BCUT2D eigenvalue weighted by Gasteiger charge is -2.35. The van der Waals surface area contributed by atoms with Crippen LogP contribution in [0.3, 0.4) is 0 Å². The average molecular weight is 789 g/mol. The first-order valence-electron chi connectivity index (χ1n) is 21.4. The summed E-state index contributed by atoms with van der Waals surface area (Å²) in [4.78, 5) is 32.5. The van der Waals surface area contributed by atoms with E-state index in [0.29, 0.717) is 17.6 Å². The SMILES string of the molecule is C=CC(CC)[Si](C)(C)C.CC/C=C/C[C@@H]1O[C@@H]2C[C@@]1(C)C[C@H]1OC3(CCCCC3)OC21.CC1O[C@@H]2C[C@@]1(C)C[C@H]1OC3(CCCCC3)O[C@@H]21.O=C=O.O=C=O. The van der Waals surface area contributed by atoms with Gasteiger partial charge < -0.3 is 28.4 Å². The smallest absolute Gasteiger partial charge is 0.372 e. The molecule has 0 radical (unpaired) electrons. The van der Waals surface area contributed by atoms with E-state index >= 15 is 0 Å². The molecule has 8 fully saturated rings. The minimum atomic E-state index is -0.905. The van der Waals surface area contributed by atoms with Crippen molar-refractivity contribution in [2.24, 2.45) is 10.8 Å². The van der Waals surface area contributed by atoms with Crippen molar-refractivity contribution < 1.29 is 47.6 Å². The monoisotopic (exact) mass is 788 g/mol. The molecule has 4 saturated carbocycles. The van der Waals surface area contributed by atoms with Crippen LogP contribution in [0.2, 0.25) is 25.2 Å². The van der Waals surface area contributed by atoms with Crippen molar-refractivity contribution in [3.8, 4) is 0 Å². The molecule has 312 valence electrons. The Labute approximate surface area is 332 Å². The summed E-state index contributed by atoms with van der Waals surface area (Å²) < 4.78 is 38.3. The van der Waals surface area contributed by atoms with Gasteiger partial charge in [-0.1, -0.05) is 84.8 Å². The van der Waals surface area contributed by atoms with Gasteiger partial charge in [0.2, 0.25) is 0 Å². The molecule has 4 aliphatic carbocycles. The number of ether oxygens (including phenoxy) is 6. The van der Waals surface area contributed by atoms with Crippen molar-refractivity contribution in [3.63, 3.8) is 0 Å². The lowest BCUT2D eigenvalue weighted by molar-refractivity contribution is -0.204. The molecule has 0 aromatic carbocycles. The Morgan fingerprint density at radius 2 is 1.11 bits per heavy atom. The summed E-state index contributed by atoms with van der Waals surface area (Å²) in [7, 11) is -0.905. The summed E-state index contributed by atoms with van der Waals surface area (Å²) in [5, 5.41) is 0. The Hall–Kier alpha value is -1.78. The minimum Gasteiger partial charge on any atom is -0.372 e. The zero-order valence-corrected chi connectivity index (χ0v) is 36.2. The minimum absolute atomic E-state index is 0.173. The number of rotatable bonds is 6. The molecule has 11 heteroatoms. The molecule has 2 spiro atoms. The van der Waals surface area contributed by atoms with E-state index < -0.39 is 8.07 Å². The van der Waals surface area contributed by atoms with Crippen LogP contribution in [-0.4, -0.2) is 80.8 Å². The van der Waals surface area contributed by atoms with E-state index in [9.17, 15) is 0 Å². The maximum Gasteiger partial charge on any atom is 0.373 e. The third-order valence-electron chi connectivity index (χ3n) is 13.9. The molecule has 4 saturated heterocycles. The van der Waals surface area contributed by atoms with Crippen LogP contribution in [0, 0.1) is 10.8 Å². The summed E-state index contributed by atoms with van der Waals surface area (Å²) in [6.07, 6.45) is 29.1. The van der Waals surface area contributed by atoms with Crippen molar-refractivity contribution in [2.45, 2.75) is 229 Å². The third-order valence-corrected chi connectivity index (χ3v) is 16.7. The Balaban J connectivity index is 0.000000183. The standard InChI is InChI=1S/C19H30O3.C15H24O3.C8H18Si.2CO2/c1-3-4-6-9-16-18(2)12-14(20-16)17-15(13-18)21-19(22-17)10-7-5-8-11-19;1-10-14(2)8-11(16-10)13-12(9-14)17-15(18-13)6-4-3-5-7-15;1-6-8(7-2)9(3,4)5;2*2-1-3/h4,6,14-17H,3,5,7-13H2,1-2H3;10-13H,3-9H2,1-2H3;6,8H,1,7H2,2-5H3;;/b6-4+;;;;/t14-,15-,16+,17?,18+;10?,11-,12-,13+,14+;;;/m11.../s1. The molecule has 8 rings (SSSR count). The summed E-state index contributed by atoms with van der Waals surface area (Å²) >= 11 is 0. The van der Waals surface area contributed by atoms with E-state index in [4.69, 9.17) is 47.6 Å². The van der Waals surface area contributed by atoms with Gasteiger partial charge in [0.25, 0.3) is 0 Å². The molecule has 0 aromatic rings. The van der Waals surface area contributed by atoms with E-state index in [1.165, 1.54) is 44.9 Å². The molecule has 4 aliphatic heterocycles. The van der Waals surface area contributed by atoms with Crippen molar-refractivity contribution >= 4 is 20.4 Å². The Morgan fingerprint density at radius 1 is 0.673 bits per heavy atom. The number of carbonyl (C=O) groups excluding carboxylic acids is 4. The van der Waals surface area contributed by atoms with Crippen LogP contribution in [0.15, 0.2) is 24.8 Å². The molecular weight excluding hydrogens is 717 g/mol. The number of hydrogen-bond acceptors (Lipinski definition) is 10. The molecule has 0 N–H and O–H groups in total. The molecule has 3 unspecified atom stereocenters. The number of fused-ring (bicyclic) bond motifs is 8. The zero-order valence-electron chi connectivity index (χ0n) is 35.2.